The number of anilines is 1. The van der Waals surface area contributed by atoms with Gasteiger partial charge in [-0.1, -0.05) is 12.1 Å². The van der Waals surface area contributed by atoms with Crippen molar-refractivity contribution in [2.45, 2.75) is 31.7 Å². The molecule has 1 aromatic rings. The summed E-state index contributed by atoms with van der Waals surface area (Å²) in [4.78, 5) is 26.3. The van der Waals surface area contributed by atoms with Gasteiger partial charge in [0.2, 0.25) is 5.91 Å². The summed E-state index contributed by atoms with van der Waals surface area (Å²) in [5, 5.41) is 3.03. The van der Waals surface area contributed by atoms with Crippen LogP contribution in [0.4, 0.5) is 5.69 Å². The van der Waals surface area contributed by atoms with Crippen molar-refractivity contribution in [3.63, 3.8) is 0 Å². The molecule has 142 valence electrons. The maximum absolute atomic E-state index is 12.5. The fourth-order valence-corrected chi connectivity index (χ4v) is 4.69. The van der Waals surface area contributed by atoms with Gasteiger partial charge in [0.15, 0.2) is 6.61 Å². The monoisotopic (exact) mass is 379 g/mol. The number of para-hydroxylation sites is 2. The Morgan fingerprint density at radius 2 is 2.04 bits per heavy atom. The fourth-order valence-electron chi connectivity index (χ4n) is 4.69. The third-order valence-electron chi connectivity index (χ3n) is 5.95. The van der Waals surface area contributed by atoms with Gasteiger partial charge in [0.05, 0.1) is 11.6 Å². The lowest BCUT2D eigenvalue weighted by Crippen LogP contribution is -2.46. The number of amides is 2. The minimum Gasteiger partial charge on any atom is -0.482 e. The fraction of sp³-hybridized carbons (Fsp3) is 0.579. The van der Waals surface area contributed by atoms with E-state index in [1.165, 1.54) is 6.42 Å². The molecule has 4 unspecified atom stereocenters. The molecule has 4 rings (SSSR count). The lowest BCUT2D eigenvalue weighted by atomic mass is 9.84. The average Bonchev–Trinajstić information content (AvgIpc) is 3.21. The van der Waals surface area contributed by atoms with Gasteiger partial charge >= 0.3 is 0 Å². The first-order valence-electron chi connectivity index (χ1n) is 9.20. The molecule has 0 spiro atoms. The van der Waals surface area contributed by atoms with Crippen LogP contribution in [0.25, 0.3) is 0 Å². The highest BCUT2D eigenvalue weighted by atomic mass is 35.5. The second-order valence-electron chi connectivity index (χ2n) is 7.38. The quantitative estimate of drug-likeness (QED) is 0.763. The van der Waals surface area contributed by atoms with Crippen LogP contribution in [0, 0.1) is 17.8 Å². The number of hydrogen-bond donors (Lipinski definition) is 2. The molecule has 7 heteroatoms. The average molecular weight is 380 g/mol. The van der Waals surface area contributed by atoms with E-state index in [1.807, 2.05) is 24.3 Å². The molecule has 0 saturated heterocycles. The summed E-state index contributed by atoms with van der Waals surface area (Å²) in [6.45, 7) is 1.21. The standard InChI is InChI=1S/C19H25N3O3.ClH/c20-18-13-7-6-12(10-13)17(18)19(24)21-8-3-9-22-14-4-1-2-5-15(14)25-11-16(22)23;/h1-2,4-5,12-13,17-18H,3,6-11,20H2,(H,21,24);1H. The minimum absolute atomic E-state index is 0. The summed E-state index contributed by atoms with van der Waals surface area (Å²) in [5.74, 6) is 1.76. The van der Waals surface area contributed by atoms with E-state index in [-0.39, 0.29) is 42.8 Å². The third-order valence-corrected chi connectivity index (χ3v) is 5.95. The molecule has 2 amide bonds. The first-order valence-corrected chi connectivity index (χ1v) is 9.20. The molecule has 0 radical (unpaired) electrons. The summed E-state index contributed by atoms with van der Waals surface area (Å²) < 4.78 is 5.44. The molecular weight excluding hydrogens is 354 g/mol. The number of benzene rings is 1. The second-order valence-corrected chi connectivity index (χ2v) is 7.38. The predicted octanol–water partition coefficient (Wildman–Crippen LogP) is 1.71. The van der Waals surface area contributed by atoms with Crippen LogP contribution in [0.3, 0.4) is 0 Å². The van der Waals surface area contributed by atoms with Crippen LogP contribution in [0.1, 0.15) is 25.7 Å². The second kappa shape index (κ2) is 7.84. The highest BCUT2D eigenvalue weighted by Gasteiger charge is 2.48. The van der Waals surface area contributed by atoms with E-state index in [9.17, 15) is 9.59 Å². The van der Waals surface area contributed by atoms with Gasteiger partial charge in [0, 0.05) is 19.1 Å². The molecule has 2 saturated carbocycles. The Bertz CT molecular complexity index is 682. The maximum Gasteiger partial charge on any atom is 0.265 e. The van der Waals surface area contributed by atoms with Crippen molar-refractivity contribution in [3.05, 3.63) is 24.3 Å². The summed E-state index contributed by atoms with van der Waals surface area (Å²) in [6.07, 6.45) is 4.13. The van der Waals surface area contributed by atoms with E-state index in [2.05, 4.69) is 5.32 Å². The van der Waals surface area contributed by atoms with Crippen LogP contribution in [0.2, 0.25) is 0 Å². The zero-order valence-corrected chi connectivity index (χ0v) is 15.5. The first kappa shape index (κ1) is 19.0. The maximum atomic E-state index is 12.5. The number of ether oxygens (including phenoxy) is 1. The van der Waals surface area contributed by atoms with Gasteiger partial charge in [-0.3, -0.25) is 9.59 Å². The zero-order valence-electron chi connectivity index (χ0n) is 14.7. The smallest absolute Gasteiger partial charge is 0.265 e. The van der Waals surface area contributed by atoms with Crippen molar-refractivity contribution in [2.75, 3.05) is 24.6 Å². The van der Waals surface area contributed by atoms with Crippen molar-refractivity contribution >= 4 is 29.9 Å². The molecule has 0 aromatic heterocycles. The number of hydrogen-bond acceptors (Lipinski definition) is 4. The van der Waals surface area contributed by atoms with Gasteiger partial charge < -0.3 is 20.7 Å². The van der Waals surface area contributed by atoms with Crippen LogP contribution in [-0.2, 0) is 9.59 Å². The van der Waals surface area contributed by atoms with Crippen LogP contribution >= 0.6 is 12.4 Å². The Kier molecular flexibility index (Phi) is 5.73. The van der Waals surface area contributed by atoms with E-state index in [1.54, 1.807) is 4.90 Å². The lowest BCUT2D eigenvalue weighted by Gasteiger charge is -2.29. The first-order chi connectivity index (χ1) is 12.1. The predicted molar refractivity (Wildman–Crippen MR) is 101 cm³/mol. The van der Waals surface area contributed by atoms with Gasteiger partial charge in [-0.05, 0) is 49.7 Å². The summed E-state index contributed by atoms with van der Waals surface area (Å²) in [6, 6.07) is 7.57. The molecule has 4 atom stereocenters. The van der Waals surface area contributed by atoms with Gasteiger partial charge in [-0.15, -0.1) is 12.4 Å². The van der Waals surface area contributed by atoms with Crippen molar-refractivity contribution in [1.29, 1.82) is 0 Å². The Morgan fingerprint density at radius 1 is 1.27 bits per heavy atom. The Labute approximate surface area is 159 Å². The molecule has 1 aliphatic heterocycles. The molecule has 2 bridgehead atoms. The molecule has 2 aliphatic carbocycles. The number of rotatable bonds is 5. The molecule has 3 aliphatic rings. The molecule has 26 heavy (non-hydrogen) atoms. The normalized spacial score (nSPS) is 29.0. The van der Waals surface area contributed by atoms with Gasteiger partial charge in [-0.25, -0.2) is 0 Å². The highest BCUT2D eigenvalue weighted by molar-refractivity contribution is 5.97. The Balaban J connectivity index is 0.00000196. The Morgan fingerprint density at radius 3 is 2.81 bits per heavy atom. The summed E-state index contributed by atoms with van der Waals surface area (Å²) in [5.41, 5.74) is 7.04. The molecule has 1 aromatic carbocycles. The van der Waals surface area contributed by atoms with Crippen LogP contribution < -0.4 is 20.7 Å². The number of halogens is 1. The van der Waals surface area contributed by atoms with E-state index >= 15 is 0 Å². The van der Waals surface area contributed by atoms with Crippen molar-refractivity contribution in [1.82, 2.24) is 5.32 Å². The highest BCUT2D eigenvalue weighted by Crippen LogP contribution is 2.47. The van der Waals surface area contributed by atoms with Gasteiger partial charge in [0.1, 0.15) is 5.75 Å². The lowest BCUT2D eigenvalue weighted by molar-refractivity contribution is -0.127. The van der Waals surface area contributed by atoms with Crippen molar-refractivity contribution < 1.29 is 14.3 Å². The largest absolute Gasteiger partial charge is 0.482 e. The number of carbonyl (C=O) groups excluding carboxylic acids is 2. The topological polar surface area (TPSA) is 84.7 Å². The zero-order chi connectivity index (χ0) is 17.4. The number of fused-ring (bicyclic) bond motifs is 3. The van der Waals surface area contributed by atoms with E-state index in [0.717, 1.165) is 24.3 Å². The SMILES string of the molecule is Cl.NC1C2CCC(C2)C1C(=O)NCCCN1C(=O)COc2ccccc21. The number of carbonyl (C=O) groups is 2. The van der Waals surface area contributed by atoms with E-state index < -0.39 is 0 Å². The Hall–Kier alpha value is -1.79. The number of nitrogens with zero attached hydrogens (tertiary/aromatic N) is 1. The van der Waals surface area contributed by atoms with E-state index in [0.29, 0.717) is 31.3 Å². The van der Waals surface area contributed by atoms with Gasteiger partial charge in [0.25, 0.3) is 5.91 Å². The molecule has 1 heterocycles. The summed E-state index contributed by atoms with van der Waals surface area (Å²) >= 11 is 0. The third kappa shape index (κ3) is 3.40. The van der Waals surface area contributed by atoms with E-state index in [4.69, 9.17) is 10.5 Å². The molecule has 3 N–H and O–H groups in total. The number of nitrogens with one attached hydrogen (secondary N) is 1. The van der Waals surface area contributed by atoms with Crippen LogP contribution in [0.15, 0.2) is 24.3 Å². The molecule has 6 nitrogen and oxygen atoms in total. The van der Waals surface area contributed by atoms with Gasteiger partial charge in [-0.2, -0.15) is 0 Å². The van der Waals surface area contributed by atoms with Crippen LogP contribution in [0.5, 0.6) is 5.75 Å². The van der Waals surface area contributed by atoms with Crippen molar-refractivity contribution in [2.24, 2.45) is 23.5 Å². The van der Waals surface area contributed by atoms with Crippen molar-refractivity contribution in [3.8, 4) is 5.75 Å². The minimum atomic E-state index is -0.0415. The molecule has 2 fully saturated rings. The number of nitrogens with two attached hydrogens (primary N) is 1. The summed E-state index contributed by atoms with van der Waals surface area (Å²) in [7, 11) is 0. The van der Waals surface area contributed by atoms with Crippen LogP contribution in [-0.4, -0.2) is 37.6 Å². The molecular formula is C19H26ClN3O3.